The molecule has 2 rings (SSSR count). The number of hydrogen-bond donors (Lipinski definition) is 3. The van der Waals surface area contributed by atoms with Crippen molar-refractivity contribution in [3.05, 3.63) is 34.9 Å². The second-order valence-electron chi connectivity index (χ2n) is 5.91. The SMILES string of the molecule is CCc1cc(NC(=O)NC[C@@](C)(O)c2cc(C)oc2C)n(C)n1. The van der Waals surface area contributed by atoms with Gasteiger partial charge in [0.25, 0.3) is 0 Å². The smallest absolute Gasteiger partial charge is 0.320 e. The maximum atomic E-state index is 12.0. The van der Waals surface area contributed by atoms with Crippen molar-refractivity contribution in [2.24, 2.45) is 7.05 Å². The lowest BCUT2D eigenvalue weighted by Crippen LogP contribution is -2.40. The first-order valence-corrected chi connectivity index (χ1v) is 7.60. The number of rotatable bonds is 5. The number of aromatic nitrogens is 2. The number of nitrogens with zero attached hydrogens (tertiary/aromatic N) is 2. The van der Waals surface area contributed by atoms with E-state index in [0.29, 0.717) is 17.1 Å². The number of carbonyl (C=O) groups is 1. The highest BCUT2D eigenvalue weighted by molar-refractivity contribution is 5.88. The molecule has 0 saturated heterocycles. The van der Waals surface area contributed by atoms with E-state index in [0.717, 1.165) is 17.9 Å². The van der Waals surface area contributed by atoms with Crippen LogP contribution < -0.4 is 10.6 Å². The minimum Gasteiger partial charge on any atom is -0.466 e. The highest BCUT2D eigenvalue weighted by atomic mass is 16.3. The maximum Gasteiger partial charge on any atom is 0.320 e. The number of furan rings is 1. The number of carbonyl (C=O) groups excluding carboxylic acids is 1. The lowest BCUT2D eigenvalue weighted by atomic mass is 9.96. The normalized spacial score (nSPS) is 13.7. The molecule has 2 aromatic rings. The number of nitrogens with one attached hydrogen (secondary N) is 2. The molecule has 2 aromatic heterocycles. The van der Waals surface area contributed by atoms with Gasteiger partial charge in [0.15, 0.2) is 0 Å². The fourth-order valence-corrected chi connectivity index (χ4v) is 2.49. The molecule has 2 amide bonds. The molecule has 0 spiro atoms. The molecule has 0 aromatic carbocycles. The van der Waals surface area contributed by atoms with E-state index >= 15 is 0 Å². The van der Waals surface area contributed by atoms with E-state index in [-0.39, 0.29) is 6.54 Å². The van der Waals surface area contributed by atoms with Crippen molar-refractivity contribution < 1.29 is 14.3 Å². The van der Waals surface area contributed by atoms with E-state index in [2.05, 4.69) is 15.7 Å². The zero-order valence-electron chi connectivity index (χ0n) is 14.2. The van der Waals surface area contributed by atoms with Crippen molar-refractivity contribution in [3.63, 3.8) is 0 Å². The van der Waals surface area contributed by atoms with Gasteiger partial charge in [0.2, 0.25) is 0 Å². The van der Waals surface area contributed by atoms with Gasteiger partial charge >= 0.3 is 6.03 Å². The van der Waals surface area contributed by atoms with Gasteiger partial charge in [0.05, 0.1) is 12.2 Å². The molecule has 2 heterocycles. The van der Waals surface area contributed by atoms with Gasteiger partial charge in [-0.3, -0.25) is 10.00 Å². The molecule has 0 radical (unpaired) electrons. The first-order chi connectivity index (χ1) is 10.7. The lowest BCUT2D eigenvalue weighted by molar-refractivity contribution is 0.0584. The Balaban J connectivity index is 1.98. The summed E-state index contributed by atoms with van der Waals surface area (Å²) in [5.74, 6) is 1.98. The fraction of sp³-hybridized carbons (Fsp3) is 0.500. The first kappa shape index (κ1) is 17.1. The van der Waals surface area contributed by atoms with E-state index in [1.807, 2.05) is 19.9 Å². The van der Waals surface area contributed by atoms with E-state index in [9.17, 15) is 9.90 Å². The molecule has 0 fully saturated rings. The average molecular weight is 320 g/mol. The van der Waals surface area contributed by atoms with Crippen molar-refractivity contribution in [1.29, 1.82) is 0 Å². The predicted octanol–water partition coefficient (Wildman–Crippen LogP) is 2.22. The molecule has 0 aliphatic carbocycles. The van der Waals surface area contributed by atoms with Gasteiger partial charge in [-0.05, 0) is 33.3 Å². The summed E-state index contributed by atoms with van der Waals surface area (Å²) in [5.41, 5.74) is 0.364. The molecule has 126 valence electrons. The van der Waals surface area contributed by atoms with Crippen LogP contribution in [0.15, 0.2) is 16.5 Å². The van der Waals surface area contributed by atoms with Gasteiger partial charge in [0, 0.05) is 18.7 Å². The number of hydrogen-bond acceptors (Lipinski definition) is 4. The largest absolute Gasteiger partial charge is 0.466 e. The summed E-state index contributed by atoms with van der Waals surface area (Å²) < 4.78 is 7.05. The van der Waals surface area contributed by atoms with Crippen LogP contribution in [0.25, 0.3) is 0 Å². The minimum atomic E-state index is -1.21. The van der Waals surface area contributed by atoms with Crippen molar-refractivity contribution >= 4 is 11.8 Å². The number of aryl methyl sites for hydroxylation is 4. The summed E-state index contributed by atoms with van der Waals surface area (Å²) in [6.45, 7) is 7.32. The standard InChI is InChI=1S/C16H24N4O3/c1-6-12-8-14(20(5)19-12)18-15(21)17-9-16(4,22)13-7-10(2)23-11(13)3/h7-8,22H,6,9H2,1-5H3,(H2,17,18,21)/t16-/m1/s1. The maximum absolute atomic E-state index is 12.0. The molecule has 0 unspecified atom stereocenters. The van der Waals surface area contributed by atoms with Crippen LogP contribution in [-0.4, -0.2) is 27.5 Å². The van der Waals surface area contributed by atoms with E-state index < -0.39 is 11.6 Å². The van der Waals surface area contributed by atoms with Gasteiger partial charge in [-0.1, -0.05) is 6.92 Å². The molecule has 7 nitrogen and oxygen atoms in total. The van der Waals surface area contributed by atoms with Crippen molar-refractivity contribution in [1.82, 2.24) is 15.1 Å². The third-order valence-corrected chi connectivity index (χ3v) is 3.75. The van der Waals surface area contributed by atoms with Crippen molar-refractivity contribution in [3.8, 4) is 0 Å². The Morgan fingerprint density at radius 3 is 2.65 bits per heavy atom. The van der Waals surface area contributed by atoms with Crippen LogP contribution in [0.4, 0.5) is 10.6 Å². The van der Waals surface area contributed by atoms with Crippen LogP contribution in [0.3, 0.4) is 0 Å². The summed E-state index contributed by atoms with van der Waals surface area (Å²) >= 11 is 0. The Labute approximate surface area is 135 Å². The van der Waals surface area contributed by atoms with Gasteiger partial charge < -0.3 is 14.8 Å². The molecule has 0 aliphatic rings. The lowest BCUT2D eigenvalue weighted by Gasteiger charge is -2.23. The first-order valence-electron chi connectivity index (χ1n) is 7.60. The second-order valence-corrected chi connectivity index (χ2v) is 5.91. The quantitative estimate of drug-likeness (QED) is 0.787. The average Bonchev–Trinajstić information content (AvgIpc) is 3.00. The molecule has 0 aliphatic heterocycles. The topological polar surface area (TPSA) is 92.3 Å². The Morgan fingerprint density at radius 2 is 2.13 bits per heavy atom. The van der Waals surface area contributed by atoms with Crippen LogP contribution >= 0.6 is 0 Å². The van der Waals surface area contributed by atoms with E-state index in [1.54, 1.807) is 31.6 Å². The van der Waals surface area contributed by atoms with Crippen LogP contribution in [0.2, 0.25) is 0 Å². The van der Waals surface area contributed by atoms with Gasteiger partial charge in [-0.15, -0.1) is 0 Å². The summed E-state index contributed by atoms with van der Waals surface area (Å²) in [4.78, 5) is 12.0. The monoisotopic (exact) mass is 320 g/mol. The summed E-state index contributed by atoms with van der Waals surface area (Å²) in [6, 6.07) is 3.21. The molecular formula is C16H24N4O3. The summed E-state index contributed by atoms with van der Waals surface area (Å²) in [6.07, 6.45) is 0.797. The number of urea groups is 1. The predicted molar refractivity (Wildman–Crippen MR) is 87.4 cm³/mol. The molecule has 0 saturated carbocycles. The van der Waals surface area contributed by atoms with Crippen LogP contribution in [0, 0.1) is 13.8 Å². The Hall–Kier alpha value is -2.28. The molecule has 0 bridgehead atoms. The minimum absolute atomic E-state index is 0.0666. The van der Waals surface area contributed by atoms with E-state index in [4.69, 9.17) is 4.42 Å². The molecule has 1 atom stereocenters. The molecular weight excluding hydrogens is 296 g/mol. The molecule has 23 heavy (non-hydrogen) atoms. The third-order valence-electron chi connectivity index (χ3n) is 3.75. The molecule has 7 heteroatoms. The molecule has 3 N–H and O–H groups in total. The number of anilines is 1. The third kappa shape index (κ3) is 3.92. The van der Waals surface area contributed by atoms with Gasteiger partial charge in [-0.2, -0.15) is 5.10 Å². The number of aliphatic hydroxyl groups is 1. The zero-order chi connectivity index (χ0) is 17.2. The number of amides is 2. The van der Waals surface area contributed by atoms with Crippen molar-refractivity contribution in [2.75, 3.05) is 11.9 Å². The highest BCUT2D eigenvalue weighted by Gasteiger charge is 2.28. The highest BCUT2D eigenvalue weighted by Crippen LogP contribution is 2.26. The van der Waals surface area contributed by atoms with Crippen LogP contribution in [0.5, 0.6) is 0 Å². The Kier molecular flexibility index (Phi) is 4.79. The van der Waals surface area contributed by atoms with Gasteiger partial charge in [-0.25, -0.2) is 4.79 Å². The fourth-order valence-electron chi connectivity index (χ4n) is 2.49. The van der Waals surface area contributed by atoms with Crippen LogP contribution in [-0.2, 0) is 19.1 Å². The Morgan fingerprint density at radius 1 is 1.43 bits per heavy atom. The summed E-state index contributed by atoms with van der Waals surface area (Å²) in [5, 5.41) is 20.2. The van der Waals surface area contributed by atoms with Crippen molar-refractivity contribution in [2.45, 2.75) is 39.7 Å². The zero-order valence-corrected chi connectivity index (χ0v) is 14.2. The van der Waals surface area contributed by atoms with Crippen LogP contribution in [0.1, 0.15) is 36.6 Å². The second kappa shape index (κ2) is 6.45. The Bertz CT molecular complexity index is 700. The summed E-state index contributed by atoms with van der Waals surface area (Å²) in [7, 11) is 1.77. The van der Waals surface area contributed by atoms with Gasteiger partial charge in [0.1, 0.15) is 22.9 Å². The van der Waals surface area contributed by atoms with E-state index in [1.165, 1.54) is 0 Å².